The first-order valence-corrected chi connectivity index (χ1v) is 9.29. The first-order chi connectivity index (χ1) is 13.3. The second-order valence-corrected chi connectivity index (χ2v) is 7.31. The highest BCUT2D eigenvalue weighted by Gasteiger charge is 2.21. The minimum Gasteiger partial charge on any atom is -0.351 e. The Balaban J connectivity index is 1.87. The Morgan fingerprint density at radius 1 is 1.25 bits per heavy atom. The number of carbonyl (C=O) groups is 1. The third-order valence-corrected chi connectivity index (χ3v) is 4.50. The molecule has 0 aliphatic rings. The maximum Gasteiger partial charge on any atom is 0.290 e. The van der Waals surface area contributed by atoms with Crippen LogP contribution in [0, 0.1) is 6.92 Å². The van der Waals surface area contributed by atoms with Gasteiger partial charge < -0.3 is 14.8 Å². The van der Waals surface area contributed by atoms with Gasteiger partial charge in [-0.2, -0.15) is 0 Å². The lowest BCUT2D eigenvalue weighted by Gasteiger charge is -2.18. The Labute approximate surface area is 167 Å². The van der Waals surface area contributed by atoms with Gasteiger partial charge in [-0.15, -0.1) is 0 Å². The zero-order valence-corrected chi connectivity index (χ0v) is 16.6. The van der Waals surface area contributed by atoms with Gasteiger partial charge in [-0.25, -0.2) is 4.98 Å². The number of benzene rings is 1. The van der Waals surface area contributed by atoms with Gasteiger partial charge in [0.25, 0.3) is 11.5 Å². The molecule has 1 amide bonds. The summed E-state index contributed by atoms with van der Waals surface area (Å²) < 4.78 is 5.18. The third kappa shape index (κ3) is 4.86. The van der Waals surface area contributed by atoms with Crippen molar-refractivity contribution in [2.45, 2.75) is 39.2 Å². The molecule has 0 fully saturated rings. The summed E-state index contributed by atoms with van der Waals surface area (Å²) in [5.74, 6) is 0.416. The molecule has 0 saturated heterocycles. The number of halogens is 1. The number of H-pyrrole nitrogens is 1. The first kappa shape index (κ1) is 19.8. The van der Waals surface area contributed by atoms with Crippen molar-refractivity contribution in [1.29, 1.82) is 0 Å². The SMILES string of the molecule is Cc1nc(CC(NC(=O)c2cc(C(C)C)no2)c2ccc(Cl)cc2)cc(=O)[nH]1. The van der Waals surface area contributed by atoms with Crippen LogP contribution in [-0.4, -0.2) is 21.0 Å². The van der Waals surface area contributed by atoms with Crippen molar-refractivity contribution in [3.8, 4) is 0 Å². The zero-order valence-electron chi connectivity index (χ0n) is 15.8. The van der Waals surface area contributed by atoms with Gasteiger partial charge in [0.1, 0.15) is 5.82 Å². The minimum atomic E-state index is -0.425. The van der Waals surface area contributed by atoms with Crippen molar-refractivity contribution in [2.24, 2.45) is 0 Å². The number of nitrogens with zero attached hydrogens (tertiary/aromatic N) is 2. The summed E-state index contributed by atoms with van der Waals surface area (Å²) in [5.41, 5.74) is 1.88. The van der Waals surface area contributed by atoms with Gasteiger partial charge in [0.2, 0.25) is 5.76 Å². The van der Waals surface area contributed by atoms with E-state index < -0.39 is 6.04 Å². The highest BCUT2D eigenvalue weighted by molar-refractivity contribution is 6.30. The number of rotatable bonds is 6. The molecule has 8 heteroatoms. The number of aromatic nitrogens is 3. The standard InChI is InChI=1S/C20H21ClN4O3/c1-11(2)16-10-18(28-25-16)20(27)24-17(13-4-6-14(21)7-5-13)8-15-9-19(26)23-12(3)22-15/h4-7,9-11,17H,8H2,1-3H3,(H,24,27)(H,22,23,26). The van der Waals surface area contributed by atoms with Crippen LogP contribution in [-0.2, 0) is 6.42 Å². The average molecular weight is 401 g/mol. The Morgan fingerprint density at radius 2 is 1.96 bits per heavy atom. The smallest absolute Gasteiger partial charge is 0.290 e. The van der Waals surface area contributed by atoms with Crippen molar-refractivity contribution in [3.05, 3.63) is 80.3 Å². The van der Waals surface area contributed by atoms with Gasteiger partial charge in [0, 0.05) is 23.6 Å². The molecule has 2 aromatic heterocycles. The molecule has 0 aliphatic heterocycles. The summed E-state index contributed by atoms with van der Waals surface area (Å²) in [6.45, 7) is 5.65. The van der Waals surface area contributed by atoms with Crippen LogP contribution in [0.1, 0.15) is 59.1 Å². The van der Waals surface area contributed by atoms with Crippen LogP contribution in [0.2, 0.25) is 5.02 Å². The molecule has 2 heterocycles. The highest BCUT2D eigenvalue weighted by atomic mass is 35.5. The van der Waals surface area contributed by atoms with Crippen LogP contribution < -0.4 is 10.9 Å². The fourth-order valence-corrected chi connectivity index (χ4v) is 2.93. The fourth-order valence-electron chi connectivity index (χ4n) is 2.80. The lowest BCUT2D eigenvalue weighted by molar-refractivity contribution is 0.0899. The summed E-state index contributed by atoms with van der Waals surface area (Å²) in [6.07, 6.45) is 0.337. The lowest BCUT2D eigenvalue weighted by atomic mass is 10.0. The zero-order chi connectivity index (χ0) is 20.3. The van der Waals surface area contributed by atoms with Crippen LogP contribution >= 0.6 is 11.6 Å². The van der Waals surface area contributed by atoms with Crippen LogP contribution in [0.3, 0.4) is 0 Å². The predicted octanol–water partition coefficient (Wildman–Crippen LogP) is 3.56. The van der Waals surface area contributed by atoms with Gasteiger partial charge in [-0.1, -0.05) is 42.7 Å². The Morgan fingerprint density at radius 3 is 2.57 bits per heavy atom. The van der Waals surface area contributed by atoms with Crippen LogP contribution in [0.25, 0.3) is 0 Å². The molecule has 1 unspecified atom stereocenters. The molecular weight excluding hydrogens is 380 g/mol. The van der Waals surface area contributed by atoms with Crippen LogP contribution in [0.5, 0.6) is 0 Å². The number of carbonyl (C=O) groups excluding carboxylic acids is 1. The van der Waals surface area contributed by atoms with E-state index in [0.29, 0.717) is 28.7 Å². The topological polar surface area (TPSA) is 101 Å². The molecule has 1 atom stereocenters. The number of aryl methyl sites for hydroxylation is 1. The number of hydrogen-bond acceptors (Lipinski definition) is 5. The summed E-state index contributed by atoms with van der Waals surface area (Å²) in [7, 11) is 0. The van der Waals surface area contributed by atoms with Gasteiger partial charge in [-0.3, -0.25) is 9.59 Å². The minimum absolute atomic E-state index is 0.137. The Hall–Kier alpha value is -2.93. The van der Waals surface area contributed by atoms with Crippen molar-refractivity contribution in [2.75, 3.05) is 0 Å². The van der Waals surface area contributed by atoms with E-state index in [1.165, 1.54) is 6.07 Å². The maximum absolute atomic E-state index is 12.7. The van der Waals surface area contributed by atoms with Crippen molar-refractivity contribution in [1.82, 2.24) is 20.4 Å². The molecule has 1 aromatic carbocycles. The number of aromatic amines is 1. The largest absolute Gasteiger partial charge is 0.351 e. The van der Waals surface area contributed by atoms with Gasteiger partial charge >= 0.3 is 0 Å². The van der Waals surface area contributed by atoms with Crippen LogP contribution in [0.4, 0.5) is 0 Å². The normalized spacial score (nSPS) is 12.2. The molecule has 3 rings (SSSR count). The van der Waals surface area contributed by atoms with E-state index in [9.17, 15) is 9.59 Å². The molecule has 0 saturated carbocycles. The molecule has 28 heavy (non-hydrogen) atoms. The molecule has 3 aromatic rings. The fraction of sp³-hybridized carbons (Fsp3) is 0.300. The number of amides is 1. The summed E-state index contributed by atoms with van der Waals surface area (Å²) in [4.78, 5) is 31.4. The van der Waals surface area contributed by atoms with Gasteiger partial charge in [-0.05, 0) is 30.5 Å². The second kappa shape index (κ2) is 8.39. The van der Waals surface area contributed by atoms with Gasteiger partial charge in [0.15, 0.2) is 0 Å². The molecule has 7 nitrogen and oxygen atoms in total. The predicted molar refractivity (Wildman–Crippen MR) is 106 cm³/mol. The average Bonchev–Trinajstić information content (AvgIpc) is 3.11. The van der Waals surface area contributed by atoms with E-state index >= 15 is 0 Å². The molecule has 146 valence electrons. The quantitative estimate of drug-likeness (QED) is 0.658. The van der Waals surface area contributed by atoms with Crippen LogP contribution in [0.15, 0.2) is 45.7 Å². The highest BCUT2D eigenvalue weighted by Crippen LogP contribution is 2.21. The van der Waals surface area contributed by atoms with E-state index in [-0.39, 0.29) is 23.1 Å². The lowest BCUT2D eigenvalue weighted by Crippen LogP contribution is -2.30. The number of nitrogens with one attached hydrogen (secondary N) is 2. The molecule has 2 N–H and O–H groups in total. The van der Waals surface area contributed by atoms with E-state index in [2.05, 4.69) is 20.4 Å². The monoisotopic (exact) mass is 400 g/mol. The Bertz CT molecular complexity index is 1020. The summed E-state index contributed by atoms with van der Waals surface area (Å²) in [5, 5.41) is 7.46. The van der Waals surface area contributed by atoms with E-state index in [0.717, 1.165) is 5.56 Å². The summed E-state index contributed by atoms with van der Waals surface area (Å²) >= 11 is 5.98. The van der Waals surface area contributed by atoms with E-state index in [4.69, 9.17) is 16.1 Å². The molecular formula is C20H21ClN4O3. The number of hydrogen-bond donors (Lipinski definition) is 2. The second-order valence-electron chi connectivity index (χ2n) is 6.87. The van der Waals surface area contributed by atoms with Crippen molar-refractivity contribution in [3.63, 3.8) is 0 Å². The van der Waals surface area contributed by atoms with E-state index in [1.807, 2.05) is 26.0 Å². The van der Waals surface area contributed by atoms with E-state index in [1.54, 1.807) is 25.1 Å². The van der Waals surface area contributed by atoms with Crippen molar-refractivity contribution >= 4 is 17.5 Å². The summed E-state index contributed by atoms with van der Waals surface area (Å²) in [6, 6.07) is 9.78. The van der Waals surface area contributed by atoms with Gasteiger partial charge in [0.05, 0.1) is 17.4 Å². The van der Waals surface area contributed by atoms with Crippen molar-refractivity contribution < 1.29 is 9.32 Å². The molecule has 0 radical (unpaired) electrons. The third-order valence-electron chi connectivity index (χ3n) is 4.25. The molecule has 0 aliphatic carbocycles. The molecule has 0 bridgehead atoms. The maximum atomic E-state index is 12.7. The Kier molecular flexibility index (Phi) is 5.94. The first-order valence-electron chi connectivity index (χ1n) is 8.91. The molecule has 0 spiro atoms.